The van der Waals surface area contributed by atoms with Crippen LogP contribution in [0, 0.1) is 5.82 Å². The molecule has 2 heterocycles. The number of carbonyl (C=O) groups is 2. The summed E-state index contributed by atoms with van der Waals surface area (Å²) in [7, 11) is 0. The normalized spacial score (nSPS) is 18.4. The fraction of sp³-hybridized carbons (Fsp3) is 0.619. The Labute approximate surface area is 166 Å². The Morgan fingerprint density at radius 1 is 0.821 bits per heavy atom. The summed E-state index contributed by atoms with van der Waals surface area (Å²) in [5.74, 6) is -0.1000. The Balaban J connectivity index is 1.31. The van der Waals surface area contributed by atoms with Crippen LogP contribution in [0.4, 0.5) is 9.18 Å². The average molecular weight is 391 g/mol. The maximum atomic E-state index is 12.9. The monoisotopic (exact) mass is 390 g/mol. The second-order valence-corrected chi connectivity index (χ2v) is 7.69. The predicted octanol–water partition coefficient (Wildman–Crippen LogP) is 2.05. The summed E-state index contributed by atoms with van der Waals surface area (Å²) in [6.07, 6.45) is 3.18. The van der Waals surface area contributed by atoms with E-state index < -0.39 is 0 Å². The van der Waals surface area contributed by atoms with Gasteiger partial charge in [-0.05, 0) is 43.5 Å². The second-order valence-electron chi connectivity index (χ2n) is 7.69. The van der Waals surface area contributed by atoms with E-state index in [4.69, 9.17) is 0 Å². The molecule has 7 heteroatoms. The summed E-state index contributed by atoms with van der Waals surface area (Å²) < 4.78 is 12.9. The van der Waals surface area contributed by atoms with Crippen LogP contribution in [0.1, 0.15) is 25.3 Å². The van der Waals surface area contributed by atoms with Crippen molar-refractivity contribution in [1.82, 2.24) is 19.6 Å². The fourth-order valence-electron chi connectivity index (χ4n) is 3.89. The average Bonchev–Trinajstić information content (AvgIpc) is 2.72. The highest BCUT2D eigenvalue weighted by Crippen LogP contribution is 2.11. The number of hydrogen-bond donors (Lipinski definition) is 0. The molecule has 0 unspecified atom stereocenters. The first-order valence-electron chi connectivity index (χ1n) is 10.3. The van der Waals surface area contributed by atoms with Crippen LogP contribution in [0.3, 0.4) is 0 Å². The lowest BCUT2D eigenvalue weighted by molar-refractivity contribution is -0.130. The zero-order valence-corrected chi connectivity index (χ0v) is 16.8. The van der Waals surface area contributed by atoms with Gasteiger partial charge < -0.3 is 14.7 Å². The van der Waals surface area contributed by atoms with E-state index in [9.17, 15) is 14.0 Å². The van der Waals surface area contributed by atoms with Crippen molar-refractivity contribution < 1.29 is 14.0 Å². The molecule has 2 aliphatic rings. The second kappa shape index (κ2) is 9.87. The number of halogens is 1. The van der Waals surface area contributed by atoms with E-state index in [-0.39, 0.29) is 17.8 Å². The summed E-state index contributed by atoms with van der Waals surface area (Å²) in [5.41, 5.74) is 1.18. The summed E-state index contributed by atoms with van der Waals surface area (Å²) in [6, 6.07) is 6.86. The van der Waals surface area contributed by atoms with Crippen LogP contribution >= 0.6 is 0 Å². The number of benzene rings is 1. The molecule has 154 valence electrons. The predicted molar refractivity (Wildman–Crippen MR) is 107 cm³/mol. The maximum absolute atomic E-state index is 12.9. The number of urea groups is 1. The van der Waals surface area contributed by atoms with Crippen molar-refractivity contribution in [2.45, 2.75) is 26.2 Å². The van der Waals surface area contributed by atoms with Crippen molar-refractivity contribution >= 4 is 11.9 Å². The molecule has 0 saturated carbocycles. The highest BCUT2D eigenvalue weighted by atomic mass is 19.1. The Morgan fingerprint density at radius 3 is 1.93 bits per heavy atom. The van der Waals surface area contributed by atoms with E-state index in [0.29, 0.717) is 26.2 Å². The lowest BCUT2D eigenvalue weighted by Crippen LogP contribution is -2.57. The minimum Gasteiger partial charge on any atom is -0.339 e. The topological polar surface area (TPSA) is 47.1 Å². The van der Waals surface area contributed by atoms with Crippen LogP contribution < -0.4 is 0 Å². The van der Waals surface area contributed by atoms with Gasteiger partial charge in [0.15, 0.2) is 0 Å². The van der Waals surface area contributed by atoms with Crippen molar-refractivity contribution in [3.05, 3.63) is 35.6 Å². The maximum Gasteiger partial charge on any atom is 0.320 e. The Morgan fingerprint density at radius 2 is 1.36 bits per heavy atom. The lowest BCUT2D eigenvalue weighted by Gasteiger charge is -2.40. The van der Waals surface area contributed by atoms with Crippen LogP contribution in [-0.4, -0.2) is 90.4 Å². The van der Waals surface area contributed by atoms with Gasteiger partial charge in [-0.3, -0.25) is 9.69 Å². The molecule has 0 aromatic heterocycles. The van der Waals surface area contributed by atoms with Crippen molar-refractivity contribution in [2.24, 2.45) is 0 Å². The molecule has 2 fully saturated rings. The minimum absolute atomic E-state index is 0.0835. The van der Waals surface area contributed by atoms with Crippen LogP contribution in [0.5, 0.6) is 0 Å². The van der Waals surface area contributed by atoms with Gasteiger partial charge in [0, 0.05) is 59.3 Å². The summed E-state index contributed by atoms with van der Waals surface area (Å²) in [6.45, 7) is 8.50. The summed E-state index contributed by atoms with van der Waals surface area (Å²) >= 11 is 0. The molecule has 1 aromatic rings. The Bertz CT molecular complexity index is 651. The Kier molecular flexibility index (Phi) is 7.25. The third kappa shape index (κ3) is 5.67. The van der Waals surface area contributed by atoms with Gasteiger partial charge in [-0.2, -0.15) is 0 Å². The van der Waals surface area contributed by atoms with Crippen molar-refractivity contribution in [2.75, 3.05) is 58.9 Å². The van der Waals surface area contributed by atoms with Gasteiger partial charge in [0.1, 0.15) is 5.82 Å². The molecule has 6 nitrogen and oxygen atoms in total. The van der Waals surface area contributed by atoms with Gasteiger partial charge >= 0.3 is 6.03 Å². The number of aryl methyl sites for hydroxylation is 1. The largest absolute Gasteiger partial charge is 0.339 e. The third-order valence-corrected chi connectivity index (χ3v) is 5.74. The van der Waals surface area contributed by atoms with E-state index in [2.05, 4.69) is 4.90 Å². The van der Waals surface area contributed by atoms with Gasteiger partial charge in [0.2, 0.25) is 5.91 Å². The first-order chi connectivity index (χ1) is 13.5. The molecule has 1 aromatic carbocycles. The van der Waals surface area contributed by atoms with Gasteiger partial charge in [0.05, 0.1) is 0 Å². The molecule has 0 bridgehead atoms. The number of piperazine rings is 2. The number of hydrogen-bond acceptors (Lipinski definition) is 3. The van der Waals surface area contributed by atoms with Crippen molar-refractivity contribution in [1.29, 1.82) is 0 Å². The molecule has 0 spiro atoms. The summed E-state index contributed by atoms with van der Waals surface area (Å²) in [4.78, 5) is 32.1. The number of amides is 3. The van der Waals surface area contributed by atoms with Gasteiger partial charge in [0.25, 0.3) is 0 Å². The number of rotatable bonds is 5. The molecule has 0 aliphatic carbocycles. The molecule has 0 N–H and O–H groups in total. The van der Waals surface area contributed by atoms with E-state index >= 15 is 0 Å². The standard InChI is InChI=1S/C21H31FN4O2/c1-18(27)24-14-16-26(17-15-24)21(28)25-12-10-23(11-13-25)9-3-2-4-19-5-7-20(22)8-6-19/h5-8H,2-4,9-17H2,1H3. The smallest absolute Gasteiger partial charge is 0.320 e. The SMILES string of the molecule is CC(=O)N1CCN(C(=O)N2CCN(CCCCc3ccc(F)cc3)CC2)CC1. The number of unbranched alkanes of at least 4 members (excludes halogenated alkanes) is 1. The molecule has 0 atom stereocenters. The molecule has 3 amide bonds. The molecule has 28 heavy (non-hydrogen) atoms. The third-order valence-electron chi connectivity index (χ3n) is 5.74. The van der Waals surface area contributed by atoms with Crippen LogP contribution in [0.25, 0.3) is 0 Å². The van der Waals surface area contributed by atoms with E-state index in [1.807, 2.05) is 21.9 Å². The summed E-state index contributed by atoms with van der Waals surface area (Å²) in [5, 5.41) is 0. The molecule has 0 radical (unpaired) electrons. The highest BCUT2D eigenvalue weighted by molar-refractivity contribution is 5.76. The molecule has 3 rings (SSSR count). The van der Waals surface area contributed by atoms with E-state index in [1.54, 1.807) is 11.8 Å². The number of carbonyl (C=O) groups excluding carboxylic acids is 2. The van der Waals surface area contributed by atoms with Crippen LogP contribution in [-0.2, 0) is 11.2 Å². The molecular formula is C21H31FN4O2. The van der Waals surface area contributed by atoms with E-state index in [0.717, 1.165) is 52.0 Å². The Hall–Kier alpha value is -2.15. The first-order valence-corrected chi connectivity index (χ1v) is 10.3. The molecule has 2 saturated heterocycles. The van der Waals surface area contributed by atoms with Crippen LogP contribution in [0.15, 0.2) is 24.3 Å². The van der Waals surface area contributed by atoms with Gasteiger partial charge in [-0.25, -0.2) is 9.18 Å². The van der Waals surface area contributed by atoms with Gasteiger partial charge in [-0.1, -0.05) is 12.1 Å². The minimum atomic E-state index is -0.183. The fourth-order valence-corrected chi connectivity index (χ4v) is 3.89. The first kappa shape index (κ1) is 20.6. The van der Waals surface area contributed by atoms with E-state index in [1.165, 1.54) is 17.7 Å². The van der Waals surface area contributed by atoms with Crippen LogP contribution in [0.2, 0.25) is 0 Å². The van der Waals surface area contributed by atoms with Crippen molar-refractivity contribution in [3.63, 3.8) is 0 Å². The zero-order valence-electron chi connectivity index (χ0n) is 16.8. The lowest BCUT2D eigenvalue weighted by atomic mass is 10.1. The van der Waals surface area contributed by atoms with Gasteiger partial charge in [-0.15, -0.1) is 0 Å². The zero-order chi connectivity index (χ0) is 19.9. The highest BCUT2D eigenvalue weighted by Gasteiger charge is 2.28. The molecular weight excluding hydrogens is 359 g/mol. The number of nitrogens with zero attached hydrogens (tertiary/aromatic N) is 4. The van der Waals surface area contributed by atoms with Crippen molar-refractivity contribution in [3.8, 4) is 0 Å². The molecule has 2 aliphatic heterocycles. The quantitative estimate of drug-likeness (QED) is 0.723.